The number of nitrogens with two attached hydrogens (primary N) is 1. The van der Waals surface area contributed by atoms with Gasteiger partial charge in [-0.05, 0) is 13.3 Å². The van der Waals surface area contributed by atoms with Crippen molar-refractivity contribution in [1.29, 1.82) is 0 Å². The fourth-order valence-corrected chi connectivity index (χ4v) is 5.14. The van der Waals surface area contributed by atoms with E-state index in [4.69, 9.17) is 15.6 Å². The van der Waals surface area contributed by atoms with Crippen LogP contribution in [0.15, 0.2) is 10.8 Å². The van der Waals surface area contributed by atoms with Crippen LogP contribution in [0.5, 0.6) is 0 Å². The molecular formula is C15H23N3O6S. The van der Waals surface area contributed by atoms with E-state index in [0.717, 1.165) is 0 Å². The van der Waals surface area contributed by atoms with Crippen molar-refractivity contribution in [2.45, 2.75) is 49.3 Å². The van der Waals surface area contributed by atoms with E-state index in [9.17, 15) is 19.8 Å². The van der Waals surface area contributed by atoms with Crippen molar-refractivity contribution in [2.75, 3.05) is 13.1 Å². The summed E-state index contributed by atoms with van der Waals surface area (Å²) in [5.74, 6) is -0.779. The molecule has 10 heteroatoms. The van der Waals surface area contributed by atoms with Crippen molar-refractivity contribution in [2.24, 2.45) is 11.7 Å². The maximum Gasteiger partial charge on any atom is 0.512 e. The number of hydrogen-bond acceptors (Lipinski definition) is 8. The van der Waals surface area contributed by atoms with E-state index in [1.54, 1.807) is 6.92 Å². The normalized spacial score (nSPS) is 33.9. The number of nitrogens with zero attached hydrogens (tertiary/aromatic N) is 1. The van der Waals surface area contributed by atoms with Crippen LogP contribution in [0.1, 0.15) is 19.8 Å². The third-order valence-corrected chi connectivity index (χ3v) is 6.28. The van der Waals surface area contributed by atoms with Crippen molar-refractivity contribution >= 4 is 23.8 Å². The standard InChI is InChI=1S/C15H23N3O6S/c1-6(19)12-9-3-11(14(24-15(22)23)18(9)13(12)21)25-7-2-8(17-5-7)10(20)4-16/h6-10,12,17,19-20H,2-5,16H2,1H3,(H,22,23)/t6-,7+,8+,9-,10?,12-/m1/s1. The second-order valence-corrected chi connectivity index (χ2v) is 8.03. The zero-order valence-corrected chi connectivity index (χ0v) is 14.6. The Kier molecular flexibility index (Phi) is 5.26. The van der Waals surface area contributed by atoms with Crippen molar-refractivity contribution in [1.82, 2.24) is 10.2 Å². The fraction of sp³-hybridized carbons (Fsp3) is 0.733. The fourth-order valence-electron chi connectivity index (χ4n) is 3.74. The average Bonchev–Trinajstić information content (AvgIpc) is 3.10. The van der Waals surface area contributed by atoms with Gasteiger partial charge in [-0.15, -0.1) is 11.8 Å². The molecule has 0 saturated carbocycles. The predicted molar refractivity (Wildman–Crippen MR) is 89.4 cm³/mol. The Balaban J connectivity index is 1.72. The average molecular weight is 373 g/mol. The Morgan fingerprint density at radius 1 is 1.52 bits per heavy atom. The van der Waals surface area contributed by atoms with Gasteiger partial charge in [0.2, 0.25) is 11.8 Å². The molecule has 6 N–H and O–H groups in total. The van der Waals surface area contributed by atoms with E-state index in [-0.39, 0.29) is 35.7 Å². The molecule has 9 nitrogen and oxygen atoms in total. The van der Waals surface area contributed by atoms with Crippen LogP contribution in [-0.2, 0) is 9.53 Å². The number of aliphatic hydroxyl groups is 2. The third-order valence-electron chi connectivity index (χ3n) is 4.96. The van der Waals surface area contributed by atoms with Crippen LogP contribution in [0.2, 0.25) is 0 Å². The first kappa shape index (κ1) is 18.5. The molecule has 0 aromatic carbocycles. The van der Waals surface area contributed by atoms with Gasteiger partial charge in [0.15, 0.2) is 0 Å². The molecule has 6 atom stereocenters. The number of carbonyl (C=O) groups is 2. The van der Waals surface area contributed by atoms with Crippen LogP contribution in [0.4, 0.5) is 4.79 Å². The number of carbonyl (C=O) groups excluding carboxylic acids is 1. The van der Waals surface area contributed by atoms with Crippen LogP contribution < -0.4 is 11.1 Å². The van der Waals surface area contributed by atoms with E-state index >= 15 is 0 Å². The first-order valence-corrected chi connectivity index (χ1v) is 9.14. The van der Waals surface area contributed by atoms with Gasteiger partial charge >= 0.3 is 6.16 Å². The van der Waals surface area contributed by atoms with Crippen LogP contribution in [-0.4, -0.2) is 74.9 Å². The van der Waals surface area contributed by atoms with E-state index in [0.29, 0.717) is 24.3 Å². The van der Waals surface area contributed by atoms with Gasteiger partial charge < -0.3 is 31.1 Å². The maximum absolute atomic E-state index is 12.2. The lowest BCUT2D eigenvalue weighted by Crippen LogP contribution is -2.61. The number of nitrogens with one attached hydrogen (secondary N) is 1. The molecule has 3 rings (SSSR count). The minimum Gasteiger partial charge on any atom is -0.449 e. The number of carboxylic acid groups (broad SMARTS) is 1. The number of hydrogen-bond donors (Lipinski definition) is 5. The summed E-state index contributed by atoms with van der Waals surface area (Å²) in [6.45, 7) is 2.38. The second kappa shape index (κ2) is 7.12. The first-order chi connectivity index (χ1) is 11.8. The van der Waals surface area contributed by atoms with Crippen LogP contribution in [0.25, 0.3) is 0 Å². The number of amides is 1. The van der Waals surface area contributed by atoms with Gasteiger partial charge in [0.1, 0.15) is 0 Å². The zero-order valence-electron chi connectivity index (χ0n) is 13.8. The summed E-state index contributed by atoms with van der Waals surface area (Å²) in [4.78, 5) is 25.3. The lowest BCUT2D eigenvalue weighted by atomic mass is 9.84. The molecular weight excluding hydrogens is 350 g/mol. The molecule has 3 aliphatic rings. The number of fused-ring (bicyclic) bond motifs is 1. The van der Waals surface area contributed by atoms with Crippen LogP contribution in [0, 0.1) is 5.92 Å². The molecule has 0 aliphatic carbocycles. The van der Waals surface area contributed by atoms with Crippen molar-refractivity contribution < 1.29 is 29.6 Å². The number of rotatable bonds is 6. The van der Waals surface area contributed by atoms with Gasteiger partial charge in [0.05, 0.1) is 24.2 Å². The van der Waals surface area contributed by atoms with Crippen molar-refractivity contribution in [3.63, 3.8) is 0 Å². The monoisotopic (exact) mass is 373 g/mol. The van der Waals surface area contributed by atoms with Gasteiger partial charge in [-0.25, -0.2) is 4.79 Å². The Bertz CT molecular complexity index is 598. The molecule has 2 saturated heterocycles. The number of aliphatic hydroxyl groups excluding tert-OH is 2. The largest absolute Gasteiger partial charge is 0.512 e. The van der Waals surface area contributed by atoms with E-state index in [1.165, 1.54) is 16.7 Å². The van der Waals surface area contributed by atoms with Crippen LogP contribution >= 0.6 is 11.8 Å². The first-order valence-electron chi connectivity index (χ1n) is 8.26. The quantitative estimate of drug-likeness (QED) is 0.300. The Morgan fingerprint density at radius 2 is 2.24 bits per heavy atom. The summed E-state index contributed by atoms with van der Waals surface area (Å²) in [7, 11) is 0. The molecule has 1 unspecified atom stereocenters. The van der Waals surface area contributed by atoms with Gasteiger partial charge in [-0.3, -0.25) is 9.69 Å². The molecule has 0 aromatic heterocycles. The minimum atomic E-state index is -1.47. The second-order valence-electron chi connectivity index (χ2n) is 6.64. The highest BCUT2D eigenvalue weighted by molar-refractivity contribution is 8.03. The molecule has 0 bridgehead atoms. The Labute approximate surface area is 149 Å². The summed E-state index contributed by atoms with van der Waals surface area (Å²) in [5, 5.41) is 31.9. The van der Waals surface area contributed by atoms with Gasteiger partial charge in [0.25, 0.3) is 0 Å². The number of thioether (sulfide) groups is 1. The van der Waals surface area contributed by atoms with Crippen molar-refractivity contribution in [3.05, 3.63) is 10.8 Å². The molecule has 0 aromatic rings. The smallest absolute Gasteiger partial charge is 0.449 e. The highest BCUT2D eigenvalue weighted by atomic mass is 32.2. The molecule has 1 amide bonds. The van der Waals surface area contributed by atoms with E-state index in [1.807, 2.05) is 0 Å². The van der Waals surface area contributed by atoms with Gasteiger partial charge in [-0.1, -0.05) is 0 Å². The van der Waals surface area contributed by atoms with E-state index in [2.05, 4.69) is 5.32 Å². The summed E-state index contributed by atoms with van der Waals surface area (Å²) in [6.07, 6.45) is -1.73. The lowest BCUT2D eigenvalue weighted by Gasteiger charge is -2.44. The van der Waals surface area contributed by atoms with Gasteiger partial charge in [-0.2, -0.15) is 0 Å². The SMILES string of the molecule is C[C@@H](O)[C@H]1C(=O)N2C(OC(=O)O)=C(S[C@@H]3CN[C@H](C(O)CN)C3)C[C@H]12. The maximum atomic E-state index is 12.2. The minimum absolute atomic E-state index is 0.0622. The number of ether oxygens (including phenoxy) is 1. The molecule has 3 aliphatic heterocycles. The summed E-state index contributed by atoms with van der Waals surface area (Å²) in [6, 6.07) is -0.360. The zero-order chi connectivity index (χ0) is 18.3. The summed E-state index contributed by atoms with van der Waals surface area (Å²) < 4.78 is 4.87. The predicted octanol–water partition coefficient (Wildman–Crippen LogP) is -0.755. The molecule has 140 valence electrons. The molecule has 0 spiro atoms. The van der Waals surface area contributed by atoms with E-state index < -0.39 is 24.3 Å². The van der Waals surface area contributed by atoms with Crippen molar-refractivity contribution in [3.8, 4) is 0 Å². The lowest BCUT2D eigenvalue weighted by molar-refractivity contribution is -0.160. The molecule has 0 radical (unpaired) electrons. The highest BCUT2D eigenvalue weighted by Gasteiger charge is 2.57. The molecule has 2 fully saturated rings. The summed E-state index contributed by atoms with van der Waals surface area (Å²) >= 11 is 1.46. The van der Waals surface area contributed by atoms with Gasteiger partial charge in [0, 0.05) is 35.7 Å². The third kappa shape index (κ3) is 3.36. The Hall–Kier alpha value is -1.33. The molecule has 25 heavy (non-hydrogen) atoms. The van der Waals surface area contributed by atoms with Crippen LogP contribution in [0.3, 0.4) is 0 Å². The Morgan fingerprint density at radius 3 is 2.84 bits per heavy atom. The topological polar surface area (TPSA) is 145 Å². The summed E-state index contributed by atoms with van der Waals surface area (Å²) in [5.41, 5.74) is 5.48. The highest BCUT2D eigenvalue weighted by Crippen LogP contribution is 2.48. The molecule has 3 heterocycles. The number of β-lactam (4-membered cyclic amide) rings is 1.